The van der Waals surface area contributed by atoms with E-state index in [2.05, 4.69) is 6.07 Å². The lowest BCUT2D eigenvalue weighted by molar-refractivity contribution is -0.129. The average molecular weight is 232 g/mol. The summed E-state index contributed by atoms with van der Waals surface area (Å²) in [6, 6.07) is 5.95. The van der Waals surface area contributed by atoms with E-state index in [9.17, 15) is 4.79 Å². The zero-order chi connectivity index (χ0) is 12.0. The van der Waals surface area contributed by atoms with Crippen LogP contribution in [0.1, 0.15) is 23.6 Å². The van der Waals surface area contributed by atoms with Gasteiger partial charge in [-0.05, 0) is 18.1 Å². The quantitative estimate of drug-likeness (QED) is 0.781. The molecule has 1 saturated heterocycles. The summed E-state index contributed by atoms with van der Waals surface area (Å²) < 4.78 is 5.38. The summed E-state index contributed by atoms with van der Waals surface area (Å²) in [6.45, 7) is 0.755. The second-order valence-electron chi connectivity index (χ2n) is 4.68. The molecule has 2 N–H and O–H groups in total. The summed E-state index contributed by atoms with van der Waals surface area (Å²) >= 11 is 0. The van der Waals surface area contributed by atoms with Crippen molar-refractivity contribution in [3.05, 3.63) is 29.3 Å². The standard InChI is InChI=1S/C13H16N2O2/c1-17-11-4-2-3-9-8(11)5-6-15-12(16)7-10(14)13(9)15/h2-4,10,13H,5-7,14H2,1H3. The van der Waals surface area contributed by atoms with Crippen LogP contribution in [0.15, 0.2) is 18.2 Å². The minimum absolute atomic E-state index is 0.0429. The van der Waals surface area contributed by atoms with E-state index in [4.69, 9.17) is 10.5 Å². The Labute approximate surface area is 100 Å². The first-order valence-corrected chi connectivity index (χ1v) is 5.93. The Bertz CT molecular complexity index is 472. The molecule has 0 aromatic heterocycles. The summed E-state index contributed by atoms with van der Waals surface area (Å²) in [6.07, 6.45) is 1.32. The predicted molar refractivity (Wildman–Crippen MR) is 63.7 cm³/mol. The smallest absolute Gasteiger partial charge is 0.224 e. The summed E-state index contributed by atoms with van der Waals surface area (Å²) in [5.74, 6) is 1.09. The number of nitrogens with zero attached hydrogens (tertiary/aromatic N) is 1. The van der Waals surface area contributed by atoms with Gasteiger partial charge in [0.25, 0.3) is 0 Å². The van der Waals surface area contributed by atoms with Crippen molar-refractivity contribution in [1.29, 1.82) is 0 Å². The number of carbonyl (C=O) groups is 1. The molecule has 1 aromatic carbocycles. The van der Waals surface area contributed by atoms with Gasteiger partial charge in [-0.2, -0.15) is 0 Å². The number of rotatable bonds is 1. The van der Waals surface area contributed by atoms with E-state index in [1.165, 1.54) is 5.56 Å². The number of fused-ring (bicyclic) bond motifs is 3. The third-order valence-corrected chi connectivity index (χ3v) is 3.78. The first kappa shape index (κ1) is 10.6. The highest BCUT2D eigenvalue weighted by atomic mass is 16.5. The molecule has 4 heteroatoms. The maximum atomic E-state index is 11.8. The minimum atomic E-state index is -0.0892. The molecular weight excluding hydrogens is 216 g/mol. The van der Waals surface area contributed by atoms with Gasteiger partial charge in [0.1, 0.15) is 5.75 Å². The van der Waals surface area contributed by atoms with Crippen LogP contribution < -0.4 is 10.5 Å². The number of nitrogens with two attached hydrogens (primary N) is 1. The van der Waals surface area contributed by atoms with Crippen molar-refractivity contribution in [2.24, 2.45) is 5.73 Å². The van der Waals surface area contributed by atoms with Crippen molar-refractivity contribution < 1.29 is 9.53 Å². The Hall–Kier alpha value is -1.55. The average Bonchev–Trinajstić information content (AvgIpc) is 2.64. The first-order valence-electron chi connectivity index (χ1n) is 5.93. The van der Waals surface area contributed by atoms with Gasteiger partial charge in [0, 0.05) is 24.6 Å². The van der Waals surface area contributed by atoms with Gasteiger partial charge >= 0.3 is 0 Å². The van der Waals surface area contributed by atoms with Gasteiger partial charge in [-0.3, -0.25) is 4.79 Å². The van der Waals surface area contributed by atoms with Crippen LogP contribution in [-0.4, -0.2) is 30.5 Å². The minimum Gasteiger partial charge on any atom is -0.496 e. The van der Waals surface area contributed by atoms with E-state index < -0.39 is 0 Å². The highest BCUT2D eigenvalue weighted by Gasteiger charge is 2.42. The van der Waals surface area contributed by atoms with Crippen LogP contribution in [0.2, 0.25) is 0 Å². The molecule has 0 bridgehead atoms. The molecule has 1 amide bonds. The van der Waals surface area contributed by atoms with Crippen LogP contribution >= 0.6 is 0 Å². The highest BCUT2D eigenvalue weighted by molar-refractivity contribution is 5.81. The fourth-order valence-corrected chi connectivity index (χ4v) is 3.03. The molecule has 2 atom stereocenters. The molecule has 2 unspecified atom stereocenters. The number of carbonyl (C=O) groups excluding carboxylic acids is 1. The van der Waals surface area contributed by atoms with Gasteiger partial charge in [-0.15, -0.1) is 0 Å². The first-order chi connectivity index (χ1) is 8.22. The van der Waals surface area contributed by atoms with Gasteiger partial charge in [-0.25, -0.2) is 0 Å². The topological polar surface area (TPSA) is 55.6 Å². The molecule has 2 aliphatic rings. The Morgan fingerprint density at radius 3 is 3.06 bits per heavy atom. The molecule has 90 valence electrons. The van der Waals surface area contributed by atoms with Crippen LogP contribution in [0.3, 0.4) is 0 Å². The Balaban J connectivity index is 2.10. The van der Waals surface area contributed by atoms with E-state index in [1.54, 1.807) is 7.11 Å². The number of methoxy groups -OCH3 is 1. The summed E-state index contributed by atoms with van der Waals surface area (Å²) in [5.41, 5.74) is 8.45. The summed E-state index contributed by atoms with van der Waals surface area (Å²) in [7, 11) is 1.68. The van der Waals surface area contributed by atoms with Gasteiger partial charge in [-0.1, -0.05) is 12.1 Å². The molecule has 3 rings (SSSR count). The van der Waals surface area contributed by atoms with E-state index in [0.717, 1.165) is 24.3 Å². The number of ether oxygens (including phenoxy) is 1. The van der Waals surface area contributed by atoms with Crippen molar-refractivity contribution in [2.75, 3.05) is 13.7 Å². The number of benzene rings is 1. The SMILES string of the molecule is COc1cccc2c1CCN1C(=O)CC(N)C21. The monoisotopic (exact) mass is 232 g/mol. The van der Waals surface area contributed by atoms with Gasteiger partial charge in [0.2, 0.25) is 5.91 Å². The number of amides is 1. The van der Waals surface area contributed by atoms with Crippen molar-refractivity contribution in [3.63, 3.8) is 0 Å². The molecule has 4 nitrogen and oxygen atoms in total. The zero-order valence-corrected chi connectivity index (χ0v) is 9.85. The molecule has 0 radical (unpaired) electrons. The van der Waals surface area contributed by atoms with Crippen LogP contribution in [0.25, 0.3) is 0 Å². The molecule has 1 fully saturated rings. The Kier molecular flexibility index (Phi) is 2.33. The fourth-order valence-electron chi connectivity index (χ4n) is 3.03. The fraction of sp³-hybridized carbons (Fsp3) is 0.462. The van der Waals surface area contributed by atoms with Crippen LogP contribution in [0.5, 0.6) is 5.75 Å². The van der Waals surface area contributed by atoms with Crippen molar-refractivity contribution in [2.45, 2.75) is 24.9 Å². The summed E-state index contributed by atoms with van der Waals surface area (Å²) in [5, 5.41) is 0. The lowest BCUT2D eigenvalue weighted by Gasteiger charge is -2.34. The third kappa shape index (κ3) is 1.44. The summed E-state index contributed by atoms with van der Waals surface area (Å²) in [4.78, 5) is 13.7. The van der Waals surface area contributed by atoms with Crippen LogP contribution in [0.4, 0.5) is 0 Å². The third-order valence-electron chi connectivity index (χ3n) is 3.78. The van der Waals surface area contributed by atoms with Crippen LogP contribution in [-0.2, 0) is 11.2 Å². The van der Waals surface area contributed by atoms with Crippen molar-refractivity contribution in [3.8, 4) is 5.75 Å². The van der Waals surface area contributed by atoms with E-state index in [0.29, 0.717) is 6.42 Å². The largest absolute Gasteiger partial charge is 0.496 e. The number of hydrogen-bond donors (Lipinski definition) is 1. The van der Waals surface area contributed by atoms with Gasteiger partial charge in [0.15, 0.2) is 0 Å². The molecule has 0 aliphatic carbocycles. The highest BCUT2D eigenvalue weighted by Crippen LogP contribution is 2.40. The second kappa shape index (κ2) is 3.74. The number of hydrogen-bond acceptors (Lipinski definition) is 3. The maximum Gasteiger partial charge on any atom is 0.224 e. The molecule has 1 aromatic rings. The molecule has 0 saturated carbocycles. The van der Waals surface area contributed by atoms with Crippen molar-refractivity contribution in [1.82, 2.24) is 4.90 Å². The second-order valence-corrected chi connectivity index (χ2v) is 4.68. The molecule has 17 heavy (non-hydrogen) atoms. The Morgan fingerprint density at radius 2 is 2.29 bits per heavy atom. The lowest BCUT2D eigenvalue weighted by Crippen LogP contribution is -2.38. The molecular formula is C13H16N2O2. The van der Waals surface area contributed by atoms with Crippen molar-refractivity contribution >= 4 is 5.91 Å². The van der Waals surface area contributed by atoms with E-state index >= 15 is 0 Å². The maximum absolute atomic E-state index is 11.8. The normalized spacial score (nSPS) is 26.7. The molecule has 2 aliphatic heterocycles. The predicted octanol–water partition coefficient (Wildman–Crippen LogP) is 0.852. The Morgan fingerprint density at radius 1 is 1.47 bits per heavy atom. The van der Waals surface area contributed by atoms with E-state index in [1.807, 2.05) is 17.0 Å². The lowest BCUT2D eigenvalue weighted by atomic mass is 9.90. The zero-order valence-electron chi connectivity index (χ0n) is 9.85. The van der Waals surface area contributed by atoms with Gasteiger partial charge < -0.3 is 15.4 Å². The molecule has 0 spiro atoms. The molecule has 2 heterocycles. The van der Waals surface area contributed by atoms with E-state index in [-0.39, 0.29) is 18.0 Å². The van der Waals surface area contributed by atoms with Crippen LogP contribution in [0, 0.1) is 0 Å². The van der Waals surface area contributed by atoms with Gasteiger partial charge in [0.05, 0.1) is 13.2 Å².